The number of aromatic nitrogens is 2. The van der Waals surface area contributed by atoms with Crippen molar-refractivity contribution in [3.8, 4) is 17.2 Å². The van der Waals surface area contributed by atoms with E-state index in [1.807, 2.05) is 38.2 Å². The molecule has 0 saturated carbocycles. The van der Waals surface area contributed by atoms with Gasteiger partial charge >= 0.3 is 0 Å². The van der Waals surface area contributed by atoms with E-state index in [-0.39, 0.29) is 12.4 Å². The molecule has 5 nitrogen and oxygen atoms in total. The Bertz CT molecular complexity index is 531. The predicted octanol–water partition coefficient (Wildman–Crippen LogP) is 2.71. The molecule has 1 N–H and O–H groups in total. The molecule has 0 bridgehead atoms. The monoisotopic (exact) mass is 297 g/mol. The maximum absolute atomic E-state index is 5.56. The van der Waals surface area contributed by atoms with Gasteiger partial charge in [-0.1, -0.05) is 17.3 Å². The largest absolute Gasteiger partial charge is 0.493 e. The smallest absolute Gasteiger partial charge is 0.261 e. The van der Waals surface area contributed by atoms with Gasteiger partial charge in [0, 0.05) is 12.5 Å². The second kappa shape index (κ2) is 7.87. The van der Waals surface area contributed by atoms with E-state index in [0.29, 0.717) is 24.4 Å². The lowest BCUT2D eigenvalue weighted by atomic mass is 10.2. The summed E-state index contributed by atoms with van der Waals surface area (Å²) in [4.78, 5) is 4.41. The number of para-hydroxylation sites is 1. The fraction of sp³-hybridized carbons (Fsp3) is 0.429. The second-order valence-electron chi connectivity index (χ2n) is 4.34. The minimum atomic E-state index is 0. The first-order valence-corrected chi connectivity index (χ1v) is 6.46. The Morgan fingerprint density at radius 2 is 2.10 bits per heavy atom. The van der Waals surface area contributed by atoms with Gasteiger partial charge in [-0.05, 0) is 33.0 Å². The summed E-state index contributed by atoms with van der Waals surface area (Å²) < 4.78 is 10.9. The van der Waals surface area contributed by atoms with Gasteiger partial charge in [-0.3, -0.25) is 0 Å². The summed E-state index contributed by atoms with van der Waals surface area (Å²) in [5, 5.41) is 7.15. The van der Waals surface area contributed by atoms with Crippen LogP contribution in [0.5, 0.6) is 5.75 Å². The van der Waals surface area contributed by atoms with Crippen LogP contribution in [-0.2, 0) is 6.42 Å². The summed E-state index contributed by atoms with van der Waals surface area (Å²) in [5.74, 6) is 1.97. The van der Waals surface area contributed by atoms with Crippen LogP contribution in [0.3, 0.4) is 0 Å². The summed E-state index contributed by atoms with van der Waals surface area (Å²) in [6.07, 6.45) is 0.733. The van der Waals surface area contributed by atoms with Crippen LogP contribution in [-0.4, -0.2) is 29.8 Å². The number of hydrogen-bond donors (Lipinski definition) is 1. The molecule has 0 fully saturated rings. The van der Waals surface area contributed by atoms with Crippen molar-refractivity contribution in [1.82, 2.24) is 15.5 Å². The van der Waals surface area contributed by atoms with Gasteiger partial charge in [0.25, 0.3) is 5.89 Å². The van der Waals surface area contributed by atoms with E-state index in [4.69, 9.17) is 9.26 Å². The van der Waals surface area contributed by atoms with Crippen molar-refractivity contribution in [3.63, 3.8) is 0 Å². The topological polar surface area (TPSA) is 60.2 Å². The number of benzene rings is 1. The fourth-order valence-electron chi connectivity index (χ4n) is 1.75. The first-order valence-electron chi connectivity index (χ1n) is 6.46. The minimum Gasteiger partial charge on any atom is -0.493 e. The molecule has 20 heavy (non-hydrogen) atoms. The zero-order valence-electron chi connectivity index (χ0n) is 11.9. The van der Waals surface area contributed by atoms with Crippen LogP contribution < -0.4 is 10.1 Å². The van der Waals surface area contributed by atoms with Crippen molar-refractivity contribution in [1.29, 1.82) is 0 Å². The van der Waals surface area contributed by atoms with Crippen molar-refractivity contribution in [2.75, 3.05) is 13.7 Å². The molecule has 1 heterocycles. The van der Waals surface area contributed by atoms with E-state index in [1.165, 1.54) is 0 Å². The molecule has 1 aromatic carbocycles. The van der Waals surface area contributed by atoms with E-state index >= 15 is 0 Å². The van der Waals surface area contributed by atoms with Crippen molar-refractivity contribution >= 4 is 12.4 Å². The molecule has 110 valence electrons. The number of rotatable bonds is 6. The third kappa shape index (κ3) is 3.95. The summed E-state index contributed by atoms with van der Waals surface area (Å²) in [6, 6.07) is 7.99. The van der Waals surface area contributed by atoms with Gasteiger partial charge in [-0.2, -0.15) is 4.98 Å². The Morgan fingerprint density at radius 3 is 2.80 bits per heavy atom. The molecule has 6 heteroatoms. The van der Waals surface area contributed by atoms with Gasteiger partial charge in [0.1, 0.15) is 5.75 Å². The Labute approximate surface area is 125 Å². The Hall–Kier alpha value is -1.59. The van der Waals surface area contributed by atoms with Gasteiger partial charge < -0.3 is 14.6 Å². The maximum atomic E-state index is 5.56. The molecule has 0 radical (unpaired) electrons. The highest BCUT2D eigenvalue weighted by atomic mass is 35.5. The van der Waals surface area contributed by atoms with Crippen LogP contribution in [0.1, 0.15) is 19.7 Å². The van der Waals surface area contributed by atoms with Gasteiger partial charge in [0.05, 0.1) is 12.2 Å². The Morgan fingerprint density at radius 1 is 1.35 bits per heavy atom. The average molecular weight is 298 g/mol. The van der Waals surface area contributed by atoms with Crippen LogP contribution in [0.25, 0.3) is 11.5 Å². The molecule has 1 unspecified atom stereocenters. The quantitative estimate of drug-likeness (QED) is 0.888. The van der Waals surface area contributed by atoms with E-state index in [9.17, 15) is 0 Å². The molecule has 0 aliphatic rings. The van der Waals surface area contributed by atoms with Gasteiger partial charge in [0.15, 0.2) is 5.82 Å². The van der Waals surface area contributed by atoms with E-state index in [1.54, 1.807) is 0 Å². The lowest BCUT2D eigenvalue weighted by molar-refractivity contribution is 0.339. The molecular formula is C14H20ClN3O2. The van der Waals surface area contributed by atoms with Crippen LogP contribution in [0.15, 0.2) is 28.8 Å². The second-order valence-corrected chi connectivity index (χ2v) is 4.34. The van der Waals surface area contributed by atoms with Crippen molar-refractivity contribution in [2.24, 2.45) is 0 Å². The Kier molecular flexibility index (Phi) is 6.48. The molecule has 0 saturated heterocycles. The Balaban J connectivity index is 0.00000200. The van der Waals surface area contributed by atoms with Gasteiger partial charge in [0.2, 0.25) is 0 Å². The van der Waals surface area contributed by atoms with E-state index in [2.05, 4.69) is 22.4 Å². The summed E-state index contributed by atoms with van der Waals surface area (Å²) in [5.41, 5.74) is 0.834. The molecule has 2 rings (SSSR count). The average Bonchev–Trinajstić information content (AvgIpc) is 2.88. The lowest BCUT2D eigenvalue weighted by Gasteiger charge is -2.06. The van der Waals surface area contributed by atoms with Crippen LogP contribution in [0.4, 0.5) is 0 Å². The minimum absolute atomic E-state index is 0. The third-order valence-corrected chi connectivity index (χ3v) is 2.87. The number of hydrogen-bond acceptors (Lipinski definition) is 5. The molecule has 0 aliphatic heterocycles. The number of ether oxygens (including phenoxy) is 1. The number of nitrogens with zero attached hydrogens (tertiary/aromatic N) is 2. The first kappa shape index (κ1) is 16.5. The highest BCUT2D eigenvalue weighted by Gasteiger charge is 2.14. The zero-order chi connectivity index (χ0) is 13.7. The van der Waals surface area contributed by atoms with E-state index < -0.39 is 0 Å². The lowest BCUT2D eigenvalue weighted by Crippen LogP contribution is -2.24. The normalized spacial score (nSPS) is 11.8. The molecule has 2 aromatic rings. The number of nitrogens with one attached hydrogen (secondary N) is 1. The zero-order valence-corrected chi connectivity index (χ0v) is 12.7. The standard InChI is InChI=1S/C14H19N3O2.ClH/c1-4-18-12-8-6-5-7-11(12)14-16-13(17-19-14)9-10(2)15-3;/h5-8,10,15H,4,9H2,1-3H3;1H. The molecule has 0 amide bonds. The van der Waals surface area contributed by atoms with Crippen molar-refractivity contribution in [3.05, 3.63) is 30.1 Å². The predicted molar refractivity (Wildman–Crippen MR) is 80.4 cm³/mol. The maximum Gasteiger partial charge on any atom is 0.261 e. The van der Waals surface area contributed by atoms with Gasteiger partial charge in [-0.25, -0.2) is 0 Å². The van der Waals surface area contributed by atoms with Crippen LogP contribution in [0, 0.1) is 0 Å². The highest BCUT2D eigenvalue weighted by Crippen LogP contribution is 2.28. The molecule has 0 aliphatic carbocycles. The highest BCUT2D eigenvalue weighted by molar-refractivity contribution is 5.85. The van der Waals surface area contributed by atoms with Gasteiger partial charge in [-0.15, -0.1) is 12.4 Å². The third-order valence-electron chi connectivity index (χ3n) is 2.87. The fourth-order valence-corrected chi connectivity index (χ4v) is 1.75. The summed E-state index contributed by atoms with van der Waals surface area (Å²) >= 11 is 0. The van der Waals surface area contributed by atoms with Crippen molar-refractivity contribution in [2.45, 2.75) is 26.3 Å². The van der Waals surface area contributed by atoms with Crippen LogP contribution in [0.2, 0.25) is 0 Å². The summed E-state index contributed by atoms with van der Waals surface area (Å²) in [7, 11) is 1.91. The molecule has 0 spiro atoms. The van der Waals surface area contributed by atoms with E-state index in [0.717, 1.165) is 17.7 Å². The molecule has 1 aromatic heterocycles. The number of halogens is 1. The summed E-state index contributed by atoms with van der Waals surface area (Å²) in [6.45, 7) is 4.63. The number of likely N-dealkylation sites (N-methyl/N-ethyl adjacent to an activating group) is 1. The van der Waals surface area contributed by atoms with Crippen LogP contribution >= 0.6 is 12.4 Å². The van der Waals surface area contributed by atoms with Crippen molar-refractivity contribution < 1.29 is 9.26 Å². The first-order chi connectivity index (χ1) is 9.24. The SMILES string of the molecule is CCOc1ccccc1-c1nc(CC(C)NC)no1.Cl. The molecular weight excluding hydrogens is 278 g/mol. The molecule has 1 atom stereocenters.